The Morgan fingerprint density at radius 1 is 0.957 bits per heavy atom. The van der Waals surface area contributed by atoms with E-state index in [1.165, 1.54) is 16.7 Å². The summed E-state index contributed by atoms with van der Waals surface area (Å²) < 4.78 is 0. The smallest absolute Gasteiger partial charge is 0.191 e. The van der Waals surface area contributed by atoms with Gasteiger partial charge in [-0.3, -0.25) is 4.98 Å². The van der Waals surface area contributed by atoms with E-state index in [2.05, 4.69) is 46.4 Å². The van der Waals surface area contributed by atoms with Crippen LogP contribution in [0.5, 0.6) is 0 Å². The lowest BCUT2D eigenvalue weighted by Crippen LogP contribution is -2.21. The highest BCUT2D eigenvalue weighted by Gasteiger charge is 2.22. The topological polar surface area (TPSA) is 77.3 Å². The van der Waals surface area contributed by atoms with Crippen molar-refractivity contribution < 1.29 is 0 Å². The Morgan fingerprint density at radius 3 is 2.70 bits per heavy atom. The van der Waals surface area contributed by atoms with Crippen molar-refractivity contribution in [2.75, 3.05) is 0 Å². The second-order valence-electron chi connectivity index (χ2n) is 5.60. The number of benzene rings is 2. The number of fused-ring (bicyclic) bond motifs is 3. The third kappa shape index (κ3) is 2.34. The minimum atomic E-state index is 0.0625. The molecule has 0 atom stereocenters. The molecule has 1 heterocycles. The first-order valence-corrected chi connectivity index (χ1v) is 7.48. The molecule has 4 N–H and O–H groups in total. The second-order valence-corrected chi connectivity index (χ2v) is 5.60. The fourth-order valence-electron chi connectivity index (χ4n) is 3.17. The zero-order valence-electron chi connectivity index (χ0n) is 12.5. The van der Waals surface area contributed by atoms with Crippen LogP contribution in [-0.2, 0) is 6.42 Å². The van der Waals surface area contributed by atoms with Gasteiger partial charge in [0.15, 0.2) is 5.96 Å². The lowest BCUT2D eigenvalue weighted by Gasteiger charge is -2.10. The summed E-state index contributed by atoms with van der Waals surface area (Å²) in [5.41, 5.74) is 18.9. The van der Waals surface area contributed by atoms with Crippen LogP contribution in [0.25, 0.3) is 22.3 Å². The molecule has 1 aromatic heterocycles. The number of rotatable bonds is 2. The number of pyridine rings is 1. The van der Waals surface area contributed by atoms with Gasteiger partial charge in [-0.05, 0) is 40.5 Å². The van der Waals surface area contributed by atoms with Crippen LogP contribution in [-0.4, -0.2) is 10.9 Å². The van der Waals surface area contributed by atoms with Gasteiger partial charge >= 0.3 is 0 Å². The highest BCUT2D eigenvalue weighted by atomic mass is 15.0. The maximum atomic E-state index is 5.48. The van der Waals surface area contributed by atoms with Crippen molar-refractivity contribution in [3.8, 4) is 22.3 Å². The van der Waals surface area contributed by atoms with Gasteiger partial charge in [0.05, 0.1) is 11.4 Å². The predicted octanol–water partition coefficient (Wildman–Crippen LogP) is 3.22. The molecule has 2 aromatic carbocycles. The van der Waals surface area contributed by atoms with Gasteiger partial charge in [0.1, 0.15) is 0 Å². The molecule has 3 aromatic rings. The average molecular weight is 300 g/mol. The van der Waals surface area contributed by atoms with Crippen molar-refractivity contribution >= 4 is 11.6 Å². The van der Waals surface area contributed by atoms with Crippen LogP contribution in [0.2, 0.25) is 0 Å². The molecule has 4 heteroatoms. The summed E-state index contributed by atoms with van der Waals surface area (Å²) in [6.45, 7) is 0. The molecule has 4 nitrogen and oxygen atoms in total. The summed E-state index contributed by atoms with van der Waals surface area (Å²) in [4.78, 5) is 8.70. The summed E-state index contributed by atoms with van der Waals surface area (Å²) in [6, 6.07) is 18.4. The maximum absolute atomic E-state index is 5.48. The molecule has 4 rings (SSSR count). The van der Waals surface area contributed by atoms with E-state index in [1.807, 2.05) is 24.4 Å². The Kier molecular flexibility index (Phi) is 3.08. The molecule has 0 fully saturated rings. The highest BCUT2D eigenvalue weighted by Crippen LogP contribution is 2.42. The van der Waals surface area contributed by atoms with Gasteiger partial charge in [0.25, 0.3) is 0 Å². The molecule has 23 heavy (non-hydrogen) atoms. The molecule has 112 valence electrons. The van der Waals surface area contributed by atoms with Crippen LogP contribution < -0.4 is 11.5 Å². The van der Waals surface area contributed by atoms with Crippen LogP contribution in [0.1, 0.15) is 11.3 Å². The molecular formula is C19H16N4. The molecule has 0 saturated heterocycles. The summed E-state index contributed by atoms with van der Waals surface area (Å²) >= 11 is 0. The standard InChI is InChI=1S/C19H16N4/c20-19(21)23-14-6-3-5-12(10-14)16-8-9-22-17-11-13-4-1-2-7-15(13)18(16)17/h1-10H,11H2,(H4,20,21,23). The molecule has 0 saturated carbocycles. The van der Waals surface area contributed by atoms with Crippen LogP contribution in [0.4, 0.5) is 5.69 Å². The number of aromatic nitrogens is 1. The zero-order valence-corrected chi connectivity index (χ0v) is 12.5. The molecule has 1 aliphatic carbocycles. The van der Waals surface area contributed by atoms with E-state index in [-0.39, 0.29) is 5.96 Å². The Bertz CT molecular complexity index is 924. The number of guanidine groups is 1. The number of nitrogens with two attached hydrogens (primary N) is 2. The number of hydrogen-bond donors (Lipinski definition) is 2. The van der Waals surface area contributed by atoms with E-state index in [9.17, 15) is 0 Å². The quantitative estimate of drug-likeness (QED) is 0.441. The van der Waals surface area contributed by atoms with Gasteiger partial charge in [-0.15, -0.1) is 0 Å². The van der Waals surface area contributed by atoms with Gasteiger partial charge in [-0.25, -0.2) is 4.99 Å². The lowest BCUT2D eigenvalue weighted by molar-refractivity contribution is 1.12. The van der Waals surface area contributed by atoms with Gasteiger partial charge in [-0.1, -0.05) is 36.4 Å². The molecule has 0 amide bonds. The Balaban J connectivity index is 1.90. The van der Waals surface area contributed by atoms with Crippen molar-refractivity contribution in [1.82, 2.24) is 4.98 Å². The van der Waals surface area contributed by atoms with E-state index in [4.69, 9.17) is 11.5 Å². The van der Waals surface area contributed by atoms with Crippen molar-refractivity contribution in [3.05, 3.63) is 72.1 Å². The molecule has 0 bridgehead atoms. The van der Waals surface area contributed by atoms with Crippen molar-refractivity contribution in [3.63, 3.8) is 0 Å². The first-order valence-electron chi connectivity index (χ1n) is 7.48. The van der Waals surface area contributed by atoms with Crippen LogP contribution in [0.15, 0.2) is 65.8 Å². The monoisotopic (exact) mass is 300 g/mol. The van der Waals surface area contributed by atoms with Crippen LogP contribution >= 0.6 is 0 Å². The van der Waals surface area contributed by atoms with E-state index < -0.39 is 0 Å². The van der Waals surface area contributed by atoms with Crippen molar-refractivity contribution in [1.29, 1.82) is 0 Å². The van der Waals surface area contributed by atoms with Gasteiger partial charge < -0.3 is 11.5 Å². The highest BCUT2D eigenvalue weighted by molar-refractivity contribution is 5.90. The molecule has 0 unspecified atom stereocenters. The summed E-state index contributed by atoms with van der Waals surface area (Å²) in [7, 11) is 0. The van der Waals surface area contributed by atoms with E-state index in [0.717, 1.165) is 28.9 Å². The molecule has 0 aliphatic heterocycles. The lowest BCUT2D eigenvalue weighted by atomic mass is 9.96. The Hall–Kier alpha value is -3.14. The molecular weight excluding hydrogens is 284 g/mol. The summed E-state index contributed by atoms with van der Waals surface area (Å²) in [5, 5.41) is 0. The number of aliphatic imine (C=N–C) groups is 1. The maximum Gasteiger partial charge on any atom is 0.191 e. The number of hydrogen-bond acceptors (Lipinski definition) is 2. The third-order valence-corrected chi connectivity index (χ3v) is 4.09. The minimum Gasteiger partial charge on any atom is -0.370 e. The van der Waals surface area contributed by atoms with Crippen molar-refractivity contribution in [2.45, 2.75) is 6.42 Å². The molecule has 0 radical (unpaired) electrons. The fraction of sp³-hybridized carbons (Fsp3) is 0.0526. The van der Waals surface area contributed by atoms with E-state index >= 15 is 0 Å². The number of nitrogens with zero attached hydrogens (tertiary/aromatic N) is 2. The SMILES string of the molecule is NC(N)=Nc1cccc(-c2ccnc3c2-c2ccccc2C3)c1. The average Bonchev–Trinajstić information content (AvgIpc) is 2.93. The largest absolute Gasteiger partial charge is 0.370 e. The van der Waals surface area contributed by atoms with E-state index in [0.29, 0.717) is 0 Å². The zero-order chi connectivity index (χ0) is 15.8. The Morgan fingerprint density at radius 2 is 1.83 bits per heavy atom. The van der Waals surface area contributed by atoms with Gasteiger partial charge in [-0.2, -0.15) is 0 Å². The minimum absolute atomic E-state index is 0.0625. The first kappa shape index (κ1) is 13.5. The Labute approximate surface area is 134 Å². The normalized spacial score (nSPS) is 11.7. The van der Waals surface area contributed by atoms with E-state index in [1.54, 1.807) is 0 Å². The third-order valence-electron chi connectivity index (χ3n) is 4.09. The summed E-state index contributed by atoms with van der Waals surface area (Å²) in [6.07, 6.45) is 2.75. The predicted molar refractivity (Wildman–Crippen MR) is 93.4 cm³/mol. The van der Waals surface area contributed by atoms with Crippen LogP contribution in [0.3, 0.4) is 0 Å². The summed E-state index contributed by atoms with van der Waals surface area (Å²) in [5.74, 6) is 0.0625. The molecule has 0 spiro atoms. The second kappa shape index (κ2) is 5.25. The van der Waals surface area contributed by atoms with Crippen molar-refractivity contribution in [2.24, 2.45) is 16.5 Å². The van der Waals surface area contributed by atoms with Gasteiger partial charge in [0, 0.05) is 18.2 Å². The van der Waals surface area contributed by atoms with Crippen LogP contribution in [0, 0.1) is 0 Å². The first-order chi connectivity index (χ1) is 11.2. The van der Waals surface area contributed by atoms with Gasteiger partial charge in [0.2, 0.25) is 0 Å². The molecule has 1 aliphatic rings. The fourth-order valence-corrected chi connectivity index (χ4v) is 3.17.